The van der Waals surface area contributed by atoms with E-state index >= 15 is 0 Å². The van der Waals surface area contributed by atoms with Crippen LogP contribution in [0.15, 0.2) is 97.1 Å². The molecule has 3 heterocycles. The minimum absolute atomic E-state index is 0.0373. The zero-order chi connectivity index (χ0) is 26.6. The van der Waals surface area contributed by atoms with Gasteiger partial charge in [-0.2, -0.15) is 0 Å². The van der Waals surface area contributed by atoms with Gasteiger partial charge in [-0.05, 0) is 61.2 Å². The van der Waals surface area contributed by atoms with Crippen LogP contribution in [0, 0.1) is 0 Å². The summed E-state index contributed by atoms with van der Waals surface area (Å²) in [6.07, 6.45) is 0. The van der Waals surface area contributed by atoms with Crippen LogP contribution in [0.2, 0.25) is 0 Å². The summed E-state index contributed by atoms with van der Waals surface area (Å²) >= 11 is 0. The Morgan fingerprint density at radius 2 is 0.975 bits per heavy atom. The molecule has 5 aromatic carbocycles. The maximum Gasteiger partial charge on any atom is 0.0645 e. The van der Waals surface area contributed by atoms with Crippen molar-refractivity contribution in [3.8, 4) is 0 Å². The van der Waals surface area contributed by atoms with E-state index in [9.17, 15) is 0 Å². The van der Waals surface area contributed by atoms with Crippen molar-refractivity contribution >= 4 is 17.1 Å². The predicted octanol–water partition coefficient (Wildman–Crippen LogP) is 8.84. The first-order valence-corrected chi connectivity index (χ1v) is 14.8. The fourth-order valence-electron chi connectivity index (χ4n) is 10.9. The second-order valence-electron chi connectivity index (χ2n) is 14.0. The number of fused-ring (bicyclic) bond motifs is 4. The Morgan fingerprint density at radius 1 is 0.450 bits per heavy atom. The molecule has 1 nitrogen and oxygen atoms in total. The number of hydrogen-bond donors (Lipinski definition) is 0. The molecule has 3 aliphatic carbocycles. The third-order valence-corrected chi connectivity index (χ3v) is 12.2. The minimum Gasteiger partial charge on any atom is -0.309 e. The van der Waals surface area contributed by atoms with Crippen LogP contribution in [0.5, 0.6) is 0 Å². The highest BCUT2D eigenvalue weighted by Crippen LogP contribution is 2.85. The number of hydrogen-bond acceptors (Lipinski definition) is 1. The van der Waals surface area contributed by atoms with Gasteiger partial charge in [-0.15, -0.1) is 0 Å². The van der Waals surface area contributed by atoms with E-state index in [0.717, 1.165) is 0 Å². The van der Waals surface area contributed by atoms with Crippen LogP contribution in [0.25, 0.3) is 0 Å². The lowest BCUT2D eigenvalue weighted by atomic mass is 9.34. The number of nitrogens with zero attached hydrogens (tertiary/aromatic N) is 1. The molecule has 2 spiro atoms. The summed E-state index contributed by atoms with van der Waals surface area (Å²) in [5.74, 6) is 0.392. The molecular weight excluding hydrogens is 482 g/mol. The van der Waals surface area contributed by atoms with E-state index in [-0.39, 0.29) is 21.7 Å². The summed E-state index contributed by atoms with van der Waals surface area (Å²) in [7, 11) is 0. The molecule has 40 heavy (non-hydrogen) atoms. The summed E-state index contributed by atoms with van der Waals surface area (Å²) in [5, 5.41) is 0. The standard InChI is InChI=1S/C39H29N/c1-36(2)26-15-9-16-27-33(26)40-34-28(36)17-10-18-30(34)39-25-14-8-7-13-24(25)38(39)23-12-6-5-11-21(23)31(38)22-19-20-29(37(27,3)4)35(40)32(22)39/h5-20,31H,1-4H3. The van der Waals surface area contributed by atoms with E-state index in [4.69, 9.17) is 0 Å². The van der Waals surface area contributed by atoms with Crippen LogP contribution in [0.1, 0.15) is 94.8 Å². The normalized spacial score (nSPS) is 27.8. The summed E-state index contributed by atoms with van der Waals surface area (Å²) in [4.78, 5) is 2.73. The largest absolute Gasteiger partial charge is 0.309 e. The Hall–Kier alpha value is -4.10. The lowest BCUT2D eigenvalue weighted by Crippen LogP contribution is -2.65. The van der Waals surface area contributed by atoms with Crippen LogP contribution in [0.4, 0.5) is 17.1 Å². The molecule has 6 aliphatic rings. The van der Waals surface area contributed by atoms with Gasteiger partial charge in [-0.25, -0.2) is 0 Å². The van der Waals surface area contributed by atoms with Crippen molar-refractivity contribution in [1.82, 2.24) is 0 Å². The molecular formula is C39H29N. The smallest absolute Gasteiger partial charge is 0.0645 e. The van der Waals surface area contributed by atoms with Crippen LogP contribution < -0.4 is 4.90 Å². The molecule has 0 saturated carbocycles. The Morgan fingerprint density at radius 3 is 1.68 bits per heavy atom. The van der Waals surface area contributed by atoms with E-state index in [1.165, 1.54) is 56.0 Å². The Labute approximate surface area is 235 Å². The van der Waals surface area contributed by atoms with Gasteiger partial charge in [-0.3, -0.25) is 0 Å². The first-order chi connectivity index (χ1) is 19.4. The SMILES string of the molecule is CC1(C)c2cccc3c2N2c4c1cccc4C14c5ccccc5C15c1ccccc1C5c1ccc(c2c14)C3(C)C. The zero-order valence-electron chi connectivity index (χ0n) is 23.3. The van der Waals surface area contributed by atoms with Gasteiger partial charge >= 0.3 is 0 Å². The highest BCUT2D eigenvalue weighted by atomic mass is 15.2. The first-order valence-electron chi connectivity index (χ1n) is 14.8. The first kappa shape index (κ1) is 20.8. The van der Waals surface area contributed by atoms with Crippen LogP contribution in [-0.4, -0.2) is 0 Å². The number of anilines is 3. The summed E-state index contributed by atoms with van der Waals surface area (Å²) in [6.45, 7) is 9.80. The summed E-state index contributed by atoms with van der Waals surface area (Å²) in [5.41, 5.74) is 20.6. The number of rotatable bonds is 0. The maximum atomic E-state index is 2.73. The van der Waals surface area contributed by atoms with Crippen molar-refractivity contribution in [2.45, 2.75) is 55.3 Å². The van der Waals surface area contributed by atoms with Crippen LogP contribution in [0.3, 0.4) is 0 Å². The van der Waals surface area contributed by atoms with Crippen molar-refractivity contribution in [2.24, 2.45) is 0 Å². The molecule has 0 N–H and O–H groups in total. The Bertz CT molecular complexity index is 2080. The van der Waals surface area contributed by atoms with Crippen molar-refractivity contribution < 1.29 is 0 Å². The number of benzene rings is 5. The summed E-state index contributed by atoms with van der Waals surface area (Å²) < 4.78 is 0. The molecule has 0 fully saturated rings. The third kappa shape index (κ3) is 1.59. The number of para-hydroxylation sites is 2. The van der Waals surface area contributed by atoms with E-state index in [1.807, 2.05) is 0 Å². The van der Waals surface area contributed by atoms with Crippen LogP contribution >= 0.6 is 0 Å². The second kappa shape index (κ2) is 5.70. The molecule has 3 aliphatic heterocycles. The molecule has 11 rings (SSSR count). The van der Waals surface area contributed by atoms with Crippen molar-refractivity contribution in [3.63, 3.8) is 0 Å². The lowest BCUT2D eigenvalue weighted by molar-refractivity contribution is 0.256. The van der Waals surface area contributed by atoms with Gasteiger partial charge in [0.15, 0.2) is 0 Å². The van der Waals surface area contributed by atoms with E-state index in [0.29, 0.717) is 5.92 Å². The van der Waals surface area contributed by atoms with Gasteiger partial charge in [0.25, 0.3) is 0 Å². The van der Waals surface area contributed by atoms with Gasteiger partial charge in [0.2, 0.25) is 0 Å². The quantitative estimate of drug-likeness (QED) is 0.201. The minimum atomic E-state index is -0.166. The molecule has 3 unspecified atom stereocenters. The van der Waals surface area contributed by atoms with Gasteiger partial charge in [-0.1, -0.05) is 125 Å². The molecule has 0 amide bonds. The Kier molecular flexibility index (Phi) is 2.96. The lowest BCUT2D eigenvalue weighted by Gasteiger charge is -2.67. The van der Waals surface area contributed by atoms with Gasteiger partial charge in [0.1, 0.15) is 0 Å². The fourth-order valence-corrected chi connectivity index (χ4v) is 10.9. The van der Waals surface area contributed by atoms with Crippen molar-refractivity contribution in [3.05, 3.63) is 158 Å². The van der Waals surface area contributed by atoms with Gasteiger partial charge in [0.05, 0.1) is 22.5 Å². The predicted molar refractivity (Wildman–Crippen MR) is 161 cm³/mol. The van der Waals surface area contributed by atoms with Gasteiger partial charge < -0.3 is 4.90 Å². The monoisotopic (exact) mass is 511 g/mol. The average Bonchev–Trinajstić information content (AvgIpc) is 3.15. The topological polar surface area (TPSA) is 3.24 Å². The third-order valence-electron chi connectivity index (χ3n) is 12.2. The average molecular weight is 512 g/mol. The highest BCUT2D eigenvalue weighted by Gasteiger charge is 2.80. The molecule has 190 valence electrons. The fraction of sp³-hybridized carbons (Fsp3) is 0.231. The second-order valence-corrected chi connectivity index (χ2v) is 14.0. The van der Waals surface area contributed by atoms with Gasteiger partial charge in [0, 0.05) is 22.2 Å². The molecule has 0 bridgehead atoms. The van der Waals surface area contributed by atoms with E-state index in [1.54, 1.807) is 22.3 Å². The summed E-state index contributed by atoms with van der Waals surface area (Å²) in [6, 6.07) is 38.1. The van der Waals surface area contributed by atoms with Crippen molar-refractivity contribution in [2.75, 3.05) is 4.90 Å². The molecule has 0 radical (unpaired) electrons. The Balaban J connectivity index is 1.43. The van der Waals surface area contributed by atoms with E-state index in [2.05, 4.69) is 130 Å². The highest BCUT2D eigenvalue weighted by molar-refractivity contribution is 6.04. The molecule has 5 aromatic rings. The molecule has 0 saturated heterocycles. The molecule has 3 atom stereocenters. The zero-order valence-corrected chi connectivity index (χ0v) is 23.3. The maximum absolute atomic E-state index is 2.73. The molecule has 1 heteroatoms. The van der Waals surface area contributed by atoms with Crippen molar-refractivity contribution in [1.29, 1.82) is 0 Å². The van der Waals surface area contributed by atoms with Crippen LogP contribution in [-0.2, 0) is 21.7 Å². The van der Waals surface area contributed by atoms with E-state index < -0.39 is 0 Å². The molecule has 0 aromatic heterocycles.